The molecule has 5 heteroatoms. The van der Waals surface area contributed by atoms with Crippen LogP contribution in [0, 0.1) is 0 Å². The molecule has 2 aliphatic rings. The SMILES string of the molecule is CC1c2ccccc2CCN1C(=O)[C@@H]1Cc2ccccc2CN1C(=O)OC(C)(C)C. The number of ether oxygens (including phenoxy) is 1. The average molecular weight is 407 g/mol. The molecule has 0 spiro atoms. The number of amides is 2. The summed E-state index contributed by atoms with van der Waals surface area (Å²) in [6.45, 7) is 8.68. The number of hydrogen-bond acceptors (Lipinski definition) is 3. The molecule has 30 heavy (non-hydrogen) atoms. The highest BCUT2D eigenvalue weighted by atomic mass is 16.6. The van der Waals surface area contributed by atoms with E-state index < -0.39 is 17.7 Å². The van der Waals surface area contributed by atoms with Gasteiger partial charge in [-0.25, -0.2) is 4.79 Å². The van der Waals surface area contributed by atoms with E-state index in [1.807, 2.05) is 56.0 Å². The van der Waals surface area contributed by atoms with E-state index in [2.05, 4.69) is 25.1 Å². The molecule has 1 unspecified atom stereocenters. The van der Waals surface area contributed by atoms with Crippen LogP contribution in [0.25, 0.3) is 0 Å². The molecule has 4 rings (SSSR count). The molecule has 2 aliphatic heterocycles. The van der Waals surface area contributed by atoms with Gasteiger partial charge in [-0.1, -0.05) is 48.5 Å². The van der Waals surface area contributed by atoms with Crippen LogP contribution in [0.3, 0.4) is 0 Å². The van der Waals surface area contributed by atoms with Crippen LogP contribution in [0.2, 0.25) is 0 Å². The van der Waals surface area contributed by atoms with E-state index in [4.69, 9.17) is 4.74 Å². The van der Waals surface area contributed by atoms with Crippen LogP contribution in [0.5, 0.6) is 0 Å². The van der Waals surface area contributed by atoms with E-state index in [0.717, 1.165) is 17.5 Å². The first-order valence-corrected chi connectivity index (χ1v) is 10.7. The van der Waals surface area contributed by atoms with Crippen LogP contribution >= 0.6 is 0 Å². The van der Waals surface area contributed by atoms with Crippen molar-refractivity contribution in [1.82, 2.24) is 9.80 Å². The fraction of sp³-hybridized carbons (Fsp3) is 0.440. The molecule has 0 aliphatic carbocycles. The highest BCUT2D eigenvalue weighted by molar-refractivity contribution is 5.87. The Morgan fingerprint density at radius 1 is 0.933 bits per heavy atom. The third-order valence-electron chi connectivity index (χ3n) is 6.04. The second kappa shape index (κ2) is 7.78. The lowest BCUT2D eigenvalue weighted by molar-refractivity contribution is -0.140. The lowest BCUT2D eigenvalue weighted by Gasteiger charge is -2.42. The maximum atomic E-state index is 13.7. The molecule has 0 saturated heterocycles. The molecule has 2 aromatic rings. The second-order valence-corrected chi connectivity index (χ2v) is 9.25. The van der Waals surface area contributed by atoms with Crippen LogP contribution in [0.1, 0.15) is 56.0 Å². The summed E-state index contributed by atoms with van der Waals surface area (Å²) < 4.78 is 5.66. The summed E-state index contributed by atoms with van der Waals surface area (Å²) in [4.78, 5) is 30.3. The summed E-state index contributed by atoms with van der Waals surface area (Å²) >= 11 is 0. The summed E-state index contributed by atoms with van der Waals surface area (Å²) in [6.07, 6.45) is 0.918. The van der Waals surface area contributed by atoms with E-state index in [0.29, 0.717) is 19.5 Å². The minimum Gasteiger partial charge on any atom is -0.444 e. The number of hydrogen-bond donors (Lipinski definition) is 0. The second-order valence-electron chi connectivity index (χ2n) is 9.25. The standard InChI is InChI=1S/C25H30N2O3/c1-17-21-12-8-7-9-18(21)13-14-26(17)23(28)22-15-19-10-5-6-11-20(19)16-27(22)24(29)30-25(2,3)4/h5-12,17,22H,13-16H2,1-4H3/t17?,22-/m0/s1. The van der Waals surface area contributed by atoms with Gasteiger partial charge in [0.1, 0.15) is 11.6 Å². The fourth-order valence-corrected chi connectivity index (χ4v) is 4.52. The van der Waals surface area contributed by atoms with Gasteiger partial charge in [-0.15, -0.1) is 0 Å². The van der Waals surface area contributed by atoms with Crippen LogP contribution in [0.4, 0.5) is 4.79 Å². The Balaban J connectivity index is 1.64. The van der Waals surface area contributed by atoms with E-state index in [1.165, 1.54) is 11.1 Å². The maximum Gasteiger partial charge on any atom is 0.411 e. The van der Waals surface area contributed by atoms with Crippen molar-refractivity contribution in [3.05, 3.63) is 70.8 Å². The summed E-state index contributed by atoms with van der Waals surface area (Å²) in [5.74, 6) is -0.00244. The molecule has 158 valence electrons. The first-order valence-electron chi connectivity index (χ1n) is 10.7. The monoisotopic (exact) mass is 406 g/mol. The average Bonchev–Trinajstić information content (AvgIpc) is 2.71. The zero-order valence-corrected chi connectivity index (χ0v) is 18.2. The normalized spacial score (nSPS) is 20.9. The van der Waals surface area contributed by atoms with Crippen molar-refractivity contribution in [2.45, 2.75) is 64.8 Å². The van der Waals surface area contributed by atoms with Gasteiger partial charge in [0.2, 0.25) is 5.91 Å². The van der Waals surface area contributed by atoms with Gasteiger partial charge in [-0.05, 0) is 56.4 Å². The minimum absolute atomic E-state index is 0.00244. The number of rotatable bonds is 1. The molecular formula is C25H30N2O3. The predicted octanol–water partition coefficient (Wildman–Crippen LogP) is 4.49. The molecule has 0 aromatic heterocycles. The molecule has 2 aromatic carbocycles. The molecule has 0 saturated carbocycles. The smallest absolute Gasteiger partial charge is 0.411 e. The molecule has 2 atom stereocenters. The van der Waals surface area contributed by atoms with E-state index >= 15 is 0 Å². The molecule has 0 radical (unpaired) electrons. The summed E-state index contributed by atoms with van der Waals surface area (Å²) in [6, 6.07) is 15.8. The van der Waals surface area contributed by atoms with Gasteiger partial charge in [0.25, 0.3) is 0 Å². The molecule has 0 bridgehead atoms. The topological polar surface area (TPSA) is 49.9 Å². The van der Waals surface area contributed by atoms with Crippen LogP contribution < -0.4 is 0 Å². The number of carbonyl (C=O) groups is 2. The van der Waals surface area contributed by atoms with Crippen LogP contribution in [-0.2, 0) is 28.9 Å². The quantitative estimate of drug-likeness (QED) is 0.701. The van der Waals surface area contributed by atoms with Gasteiger partial charge < -0.3 is 9.64 Å². The first-order chi connectivity index (χ1) is 14.2. The highest BCUT2D eigenvalue weighted by Gasteiger charge is 2.40. The Kier molecular flexibility index (Phi) is 5.31. The first kappa shape index (κ1) is 20.5. The van der Waals surface area contributed by atoms with Crippen molar-refractivity contribution in [3.8, 4) is 0 Å². The van der Waals surface area contributed by atoms with Gasteiger partial charge >= 0.3 is 6.09 Å². The Hall–Kier alpha value is -2.82. The van der Waals surface area contributed by atoms with Crippen molar-refractivity contribution in [2.75, 3.05) is 6.54 Å². The zero-order valence-electron chi connectivity index (χ0n) is 18.2. The maximum absolute atomic E-state index is 13.7. The third-order valence-corrected chi connectivity index (χ3v) is 6.04. The molecule has 2 heterocycles. The van der Waals surface area contributed by atoms with Crippen molar-refractivity contribution < 1.29 is 14.3 Å². The van der Waals surface area contributed by atoms with Crippen molar-refractivity contribution in [3.63, 3.8) is 0 Å². The van der Waals surface area contributed by atoms with Gasteiger partial charge in [0.05, 0.1) is 12.6 Å². The number of nitrogens with zero attached hydrogens (tertiary/aromatic N) is 2. The number of carbonyl (C=O) groups excluding carboxylic acids is 2. The largest absolute Gasteiger partial charge is 0.444 e. The predicted molar refractivity (Wildman–Crippen MR) is 116 cm³/mol. The Labute approximate surface area is 178 Å². The zero-order chi connectivity index (χ0) is 21.5. The van der Waals surface area contributed by atoms with Gasteiger partial charge in [0, 0.05) is 13.0 Å². The minimum atomic E-state index is -0.612. The van der Waals surface area contributed by atoms with Gasteiger partial charge in [-0.2, -0.15) is 0 Å². The summed E-state index contributed by atoms with van der Waals surface area (Å²) in [7, 11) is 0. The van der Waals surface area contributed by atoms with Crippen LogP contribution in [-0.4, -0.2) is 40.0 Å². The lowest BCUT2D eigenvalue weighted by Crippen LogP contribution is -2.55. The Bertz CT molecular complexity index is 963. The fourth-order valence-electron chi connectivity index (χ4n) is 4.52. The van der Waals surface area contributed by atoms with Gasteiger partial charge in [-0.3, -0.25) is 9.69 Å². The highest BCUT2D eigenvalue weighted by Crippen LogP contribution is 2.32. The van der Waals surface area contributed by atoms with Gasteiger partial charge in [0.15, 0.2) is 0 Å². The van der Waals surface area contributed by atoms with Crippen molar-refractivity contribution in [1.29, 1.82) is 0 Å². The summed E-state index contributed by atoms with van der Waals surface area (Å²) in [5.41, 5.74) is 4.08. The number of benzene rings is 2. The van der Waals surface area contributed by atoms with Crippen molar-refractivity contribution >= 4 is 12.0 Å². The van der Waals surface area contributed by atoms with E-state index in [-0.39, 0.29) is 11.9 Å². The number of fused-ring (bicyclic) bond motifs is 2. The molecule has 2 amide bonds. The summed E-state index contributed by atoms with van der Waals surface area (Å²) in [5, 5.41) is 0. The van der Waals surface area contributed by atoms with Crippen LogP contribution in [0.15, 0.2) is 48.5 Å². The third kappa shape index (κ3) is 3.93. The Morgan fingerprint density at radius 2 is 1.57 bits per heavy atom. The van der Waals surface area contributed by atoms with Crippen molar-refractivity contribution in [2.24, 2.45) is 0 Å². The van der Waals surface area contributed by atoms with E-state index in [1.54, 1.807) is 4.90 Å². The molecular weight excluding hydrogens is 376 g/mol. The Morgan fingerprint density at radius 3 is 2.27 bits per heavy atom. The molecule has 5 nitrogen and oxygen atoms in total. The molecule has 0 fully saturated rings. The molecule has 0 N–H and O–H groups in total. The van der Waals surface area contributed by atoms with E-state index in [9.17, 15) is 9.59 Å². The lowest BCUT2D eigenvalue weighted by atomic mass is 9.90.